The summed E-state index contributed by atoms with van der Waals surface area (Å²) in [6.45, 7) is 0.723. The van der Waals surface area contributed by atoms with Gasteiger partial charge < -0.3 is 5.73 Å². The quantitative estimate of drug-likeness (QED) is 0.656. The molecule has 0 aliphatic heterocycles. The van der Waals surface area contributed by atoms with E-state index in [1.165, 1.54) is 11.6 Å². The molecule has 0 saturated heterocycles. The van der Waals surface area contributed by atoms with Crippen molar-refractivity contribution in [2.24, 2.45) is 10.7 Å². The van der Waals surface area contributed by atoms with Gasteiger partial charge in [0.25, 0.3) is 0 Å². The molecule has 3 heteroatoms. The summed E-state index contributed by atoms with van der Waals surface area (Å²) in [6, 6.07) is 16.0. The van der Waals surface area contributed by atoms with Gasteiger partial charge in [0.05, 0.1) is 5.69 Å². The van der Waals surface area contributed by atoms with Crippen LogP contribution in [0.2, 0.25) is 0 Å². The molecule has 0 saturated carbocycles. The van der Waals surface area contributed by atoms with Crippen molar-refractivity contribution in [3.05, 3.63) is 54.1 Å². The van der Waals surface area contributed by atoms with Gasteiger partial charge in [-0.05, 0) is 48.2 Å². The maximum Gasteiger partial charge on any atom is 0.240 e. The fourth-order valence-corrected chi connectivity index (χ4v) is 1.95. The highest BCUT2D eigenvalue weighted by atomic mass is 16.1. The SMILES string of the molecule is NCCCc1ccc(-c2ccc(N=C=O)cc2)cc1. The van der Waals surface area contributed by atoms with Crippen LogP contribution in [0.25, 0.3) is 11.1 Å². The fourth-order valence-electron chi connectivity index (χ4n) is 1.95. The zero-order valence-electron chi connectivity index (χ0n) is 10.7. The Balaban J connectivity index is 2.15. The second-order valence-corrected chi connectivity index (χ2v) is 4.34. The summed E-state index contributed by atoms with van der Waals surface area (Å²) in [5.41, 5.74) is 9.68. The molecular formula is C16H16N2O. The minimum Gasteiger partial charge on any atom is -0.330 e. The van der Waals surface area contributed by atoms with Gasteiger partial charge in [0.15, 0.2) is 0 Å². The molecule has 2 aromatic rings. The van der Waals surface area contributed by atoms with Gasteiger partial charge in [-0.3, -0.25) is 0 Å². The zero-order chi connectivity index (χ0) is 13.5. The number of benzene rings is 2. The Bertz CT molecular complexity index is 567. The minimum absolute atomic E-state index is 0.623. The van der Waals surface area contributed by atoms with E-state index in [2.05, 4.69) is 29.3 Å². The Morgan fingerprint density at radius 1 is 0.947 bits per heavy atom. The number of hydrogen-bond acceptors (Lipinski definition) is 3. The molecule has 0 unspecified atom stereocenters. The Morgan fingerprint density at radius 2 is 1.53 bits per heavy atom. The third kappa shape index (κ3) is 3.62. The van der Waals surface area contributed by atoms with E-state index in [4.69, 9.17) is 5.73 Å². The number of aliphatic imine (C=N–C) groups is 1. The average molecular weight is 252 g/mol. The van der Waals surface area contributed by atoms with E-state index in [9.17, 15) is 4.79 Å². The standard InChI is InChI=1S/C16H16N2O/c17-11-1-2-13-3-5-14(6-4-13)15-7-9-16(10-8-15)18-12-19/h3-10H,1-2,11,17H2. The first-order valence-corrected chi connectivity index (χ1v) is 6.31. The highest BCUT2D eigenvalue weighted by Gasteiger charge is 1.98. The van der Waals surface area contributed by atoms with Crippen LogP contribution in [0.1, 0.15) is 12.0 Å². The fraction of sp³-hybridized carbons (Fsp3) is 0.188. The summed E-state index contributed by atoms with van der Waals surface area (Å²) >= 11 is 0. The smallest absolute Gasteiger partial charge is 0.240 e. The van der Waals surface area contributed by atoms with Gasteiger partial charge in [-0.15, -0.1) is 0 Å². The van der Waals surface area contributed by atoms with Crippen molar-refractivity contribution >= 4 is 11.8 Å². The van der Waals surface area contributed by atoms with Gasteiger partial charge in [0.1, 0.15) is 0 Å². The lowest BCUT2D eigenvalue weighted by Crippen LogP contribution is -2.00. The molecule has 0 aliphatic carbocycles. The number of isocyanates is 1. The molecule has 2 rings (SSSR count). The number of rotatable bonds is 5. The van der Waals surface area contributed by atoms with Crippen LogP contribution in [0.15, 0.2) is 53.5 Å². The van der Waals surface area contributed by atoms with Gasteiger partial charge in [-0.1, -0.05) is 36.4 Å². The predicted molar refractivity (Wildman–Crippen MR) is 77.0 cm³/mol. The Morgan fingerprint density at radius 3 is 2.05 bits per heavy atom. The van der Waals surface area contributed by atoms with E-state index in [0.29, 0.717) is 5.69 Å². The normalized spacial score (nSPS) is 9.95. The molecule has 0 amide bonds. The van der Waals surface area contributed by atoms with Crippen molar-refractivity contribution in [3.8, 4) is 11.1 Å². The van der Waals surface area contributed by atoms with Crippen molar-refractivity contribution in [1.29, 1.82) is 0 Å². The van der Waals surface area contributed by atoms with E-state index >= 15 is 0 Å². The summed E-state index contributed by atoms with van der Waals surface area (Å²) in [4.78, 5) is 13.7. The summed E-state index contributed by atoms with van der Waals surface area (Å²) in [5.74, 6) is 0. The monoisotopic (exact) mass is 252 g/mol. The van der Waals surface area contributed by atoms with Gasteiger partial charge >= 0.3 is 0 Å². The highest BCUT2D eigenvalue weighted by Crippen LogP contribution is 2.23. The lowest BCUT2D eigenvalue weighted by atomic mass is 10.0. The predicted octanol–water partition coefficient (Wildman–Crippen LogP) is 3.21. The Labute approximate surface area is 112 Å². The van der Waals surface area contributed by atoms with Gasteiger partial charge in [-0.25, -0.2) is 4.79 Å². The van der Waals surface area contributed by atoms with Gasteiger partial charge in [0.2, 0.25) is 6.08 Å². The molecule has 19 heavy (non-hydrogen) atoms. The van der Waals surface area contributed by atoms with Crippen LogP contribution in [-0.2, 0) is 11.2 Å². The lowest BCUT2D eigenvalue weighted by Gasteiger charge is -2.04. The number of aryl methyl sites for hydroxylation is 1. The number of nitrogens with zero attached hydrogens (tertiary/aromatic N) is 1. The average Bonchev–Trinajstić information content (AvgIpc) is 2.47. The van der Waals surface area contributed by atoms with Crippen LogP contribution in [0.4, 0.5) is 5.69 Å². The summed E-state index contributed by atoms with van der Waals surface area (Å²) in [5, 5.41) is 0. The van der Waals surface area contributed by atoms with E-state index < -0.39 is 0 Å². The van der Waals surface area contributed by atoms with Gasteiger partial charge in [-0.2, -0.15) is 4.99 Å². The number of carbonyl (C=O) groups excluding carboxylic acids is 1. The third-order valence-electron chi connectivity index (χ3n) is 3.00. The summed E-state index contributed by atoms with van der Waals surface area (Å²) in [7, 11) is 0. The topological polar surface area (TPSA) is 55.4 Å². The molecule has 0 radical (unpaired) electrons. The van der Waals surface area contributed by atoms with E-state index in [1.807, 2.05) is 24.3 Å². The molecule has 0 aromatic heterocycles. The molecular weight excluding hydrogens is 236 g/mol. The van der Waals surface area contributed by atoms with E-state index in [-0.39, 0.29) is 0 Å². The maximum absolute atomic E-state index is 10.2. The third-order valence-corrected chi connectivity index (χ3v) is 3.00. The first-order valence-electron chi connectivity index (χ1n) is 6.31. The molecule has 0 atom stereocenters. The van der Waals surface area contributed by atoms with Crippen LogP contribution in [0.5, 0.6) is 0 Å². The number of nitrogens with two attached hydrogens (primary N) is 1. The second kappa shape index (κ2) is 6.64. The minimum atomic E-state index is 0.623. The molecule has 2 aromatic carbocycles. The lowest BCUT2D eigenvalue weighted by molar-refractivity contribution is 0.565. The molecule has 0 aliphatic rings. The van der Waals surface area contributed by atoms with Crippen LogP contribution < -0.4 is 5.73 Å². The van der Waals surface area contributed by atoms with E-state index in [1.54, 1.807) is 0 Å². The molecule has 0 heterocycles. The maximum atomic E-state index is 10.2. The molecule has 0 spiro atoms. The van der Waals surface area contributed by atoms with Crippen LogP contribution >= 0.6 is 0 Å². The molecule has 96 valence electrons. The van der Waals surface area contributed by atoms with Crippen LogP contribution in [0.3, 0.4) is 0 Å². The molecule has 0 bridgehead atoms. The zero-order valence-corrected chi connectivity index (χ0v) is 10.7. The van der Waals surface area contributed by atoms with E-state index in [0.717, 1.165) is 30.5 Å². The molecule has 2 N–H and O–H groups in total. The van der Waals surface area contributed by atoms with Crippen LogP contribution in [0, 0.1) is 0 Å². The highest BCUT2D eigenvalue weighted by molar-refractivity contribution is 5.66. The summed E-state index contributed by atoms with van der Waals surface area (Å²) < 4.78 is 0. The molecule has 0 fully saturated rings. The number of hydrogen-bond donors (Lipinski definition) is 1. The first kappa shape index (κ1) is 13.2. The largest absolute Gasteiger partial charge is 0.330 e. The van der Waals surface area contributed by atoms with Crippen molar-refractivity contribution < 1.29 is 4.79 Å². The second-order valence-electron chi connectivity index (χ2n) is 4.34. The van der Waals surface area contributed by atoms with Gasteiger partial charge in [0, 0.05) is 0 Å². The Kier molecular flexibility index (Phi) is 4.62. The van der Waals surface area contributed by atoms with Crippen LogP contribution in [-0.4, -0.2) is 12.6 Å². The van der Waals surface area contributed by atoms with Crippen molar-refractivity contribution in [1.82, 2.24) is 0 Å². The molecule has 3 nitrogen and oxygen atoms in total. The first-order chi connectivity index (χ1) is 9.33. The Hall–Kier alpha value is -2.22. The van der Waals surface area contributed by atoms with Crippen molar-refractivity contribution in [3.63, 3.8) is 0 Å². The van der Waals surface area contributed by atoms with Crippen molar-refractivity contribution in [2.75, 3.05) is 6.54 Å². The van der Waals surface area contributed by atoms with Crippen molar-refractivity contribution in [2.45, 2.75) is 12.8 Å². The summed E-state index contributed by atoms with van der Waals surface area (Å²) in [6.07, 6.45) is 3.56.